The van der Waals surface area contributed by atoms with Gasteiger partial charge in [-0.1, -0.05) is 24.4 Å². The minimum atomic E-state index is -0.428. The Hall–Kier alpha value is -1.99. The van der Waals surface area contributed by atoms with Crippen LogP contribution < -0.4 is 15.4 Å². The van der Waals surface area contributed by atoms with Gasteiger partial charge in [0.1, 0.15) is 30.6 Å². The number of benzene rings is 1. The van der Waals surface area contributed by atoms with Crippen molar-refractivity contribution < 1.29 is 19.1 Å². The van der Waals surface area contributed by atoms with Crippen molar-refractivity contribution in [3.63, 3.8) is 0 Å². The van der Waals surface area contributed by atoms with E-state index in [0.717, 1.165) is 4.90 Å². The van der Waals surface area contributed by atoms with E-state index in [1.807, 2.05) is 0 Å². The predicted molar refractivity (Wildman–Crippen MR) is 72.0 cm³/mol. The molecular formula is C12H12N2O4S. The molecule has 6 nitrogen and oxygen atoms in total. The molecule has 0 saturated carbocycles. The Labute approximate surface area is 115 Å². The van der Waals surface area contributed by atoms with Crippen LogP contribution in [0.2, 0.25) is 0 Å². The zero-order chi connectivity index (χ0) is 13.8. The van der Waals surface area contributed by atoms with Crippen LogP contribution in [0.5, 0.6) is 5.75 Å². The van der Waals surface area contributed by atoms with Gasteiger partial charge in [0, 0.05) is 0 Å². The molecule has 1 aromatic rings. The van der Waals surface area contributed by atoms with Gasteiger partial charge in [-0.2, -0.15) is 0 Å². The van der Waals surface area contributed by atoms with E-state index < -0.39 is 11.8 Å². The topological polar surface area (TPSA) is 81.9 Å². The number of imide groups is 1. The normalized spacial score (nSPS) is 15.5. The Kier molecular flexibility index (Phi) is 4.08. The van der Waals surface area contributed by atoms with Crippen molar-refractivity contribution in [2.45, 2.75) is 0 Å². The monoisotopic (exact) mass is 280 g/mol. The standard InChI is InChI=1S/C12H12N2O4S/c13-10(19)5-18-9-4-2-1-3-8(9)14-11(15)6-17-7-12(14)16/h1-4H,5-7H2,(H2,13,19). The summed E-state index contributed by atoms with van der Waals surface area (Å²) < 4.78 is 10.3. The van der Waals surface area contributed by atoms with E-state index in [0.29, 0.717) is 11.4 Å². The number of nitrogens with two attached hydrogens (primary N) is 1. The highest BCUT2D eigenvalue weighted by Crippen LogP contribution is 2.29. The number of para-hydroxylation sites is 2. The van der Waals surface area contributed by atoms with E-state index in [4.69, 9.17) is 27.4 Å². The number of hydrogen-bond donors (Lipinski definition) is 1. The van der Waals surface area contributed by atoms with E-state index in [1.165, 1.54) is 0 Å². The number of anilines is 1. The maximum Gasteiger partial charge on any atom is 0.259 e. The van der Waals surface area contributed by atoms with E-state index in [1.54, 1.807) is 24.3 Å². The number of hydrogen-bond acceptors (Lipinski definition) is 5. The highest BCUT2D eigenvalue weighted by Gasteiger charge is 2.30. The van der Waals surface area contributed by atoms with Crippen molar-refractivity contribution in [1.29, 1.82) is 0 Å². The minimum absolute atomic E-state index is 0.0407. The van der Waals surface area contributed by atoms with Crippen LogP contribution in [-0.2, 0) is 14.3 Å². The molecule has 0 spiro atoms. The average Bonchev–Trinajstić information content (AvgIpc) is 2.37. The first-order chi connectivity index (χ1) is 9.09. The highest BCUT2D eigenvalue weighted by atomic mass is 32.1. The first-order valence-electron chi connectivity index (χ1n) is 5.53. The third kappa shape index (κ3) is 3.07. The summed E-state index contributed by atoms with van der Waals surface area (Å²) in [6, 6.07) is 6.70. The smallest absolute Gasteiger partial charge is 0.259 e. The van der Waals surface area contributed by atoms with Crippen LogP contribution in [0, 0.1) is 0 Å². The summed E-state index contributed by atoms with van der Waals surface area (Å²) in [4.78, 5) is 24.8. The molecule has 0 atom stereocenters. The zero-order valence-corrected chi connectivity index (χ0v) is 10.8. The van der Waals surface area contributed by atoms with E-state index in [2.05, 4.69) is 0 Å². The van der Waals surface area contributed by atoms with Gasteiger partial charge in [-0.05, 0) is 12.1 Å². The van der Waals surface area contributed by atoms with Crippen molar-refractivity contribution in [1.82, 2.24) is 0 Å². The summed E-state index contributed by atoms with van der Waals surface area (Å²) in [5.74, 6) is -0.482. The molecule has 1 saturated heterocycles. The van der Waals surface area contributed by atoms with Crippen LogP contribution in [0.3, 0.4) is 0 Å². The molecule has 1 aliphatic rings. The summed E-state index contributed by atoms with van der Waals surface area (Å²) in [6.07, 6.45) is 0. The quantitative estimate of drug-likeness (QED) is 0.628. The van der Waals surface area contributed by atoms with Gasteiger partial charge >= 0.3 is 0 Å². The number of carbonyl (C=O) groups excluding carboxylic acids is 2. The molecule has 0 aromatic heterocycles. The van der Waals surface area contributed by atoms with Gasteiger partial charge in [-0.3, -0.25) is 9.59 Å². The number of ether oxygens (including phenoxy) is 2. The van der Waals surface area contributed by atoms with Gasteiger partial charge in [0.25, 0.3) is 11.8 Å². The van der Waals surface area contributed by atoms with Crippen LogP contribution in [0.4, 0.5) is 5.69 Å². The first kappa shape index (κ1) is 13.4. The van der Waals surface area contributed by atoms with Gasteiger partial charge in [-0.15, -0.1) is 0 Å². The van der Waals surface area contributed by atoms with Crippen LogP contribution in [0.15, 0.2) is 24.3 Å². The molecule has 0 aliphatic carbocycles. The fourth-order valence-corrected chi connectivity index (χ4v) is 1.73. The van der Waals surface area contributed by atoms with E-state index >= 15 is 0 Å². The Morgan fingerprint density at radius 2 is 1.95 bits per heavy atom. The van der Waals surface area contributed by atoms with Crippen molar-refractivity contribution in [3.05, 3.63) is 24.3 Å². The molecule has 2 N–H and O–H groups in total. The molecule has 0 unspecified atom stereocenters. The first-order valence-corrected chi connectivity index (χ1v) is 5.94. The SMILES string of the molecule is NC(=S)COc1ccccc1N1C(=O)COCC1=O. The Morgan fingerprint density at radius 3 is 2.58 bits per heavy atom. The number of nitrogens with zero attached hydrogens (tertiary/aromatic N) is 1. The van der Waals surface area contributed by atoms with Gasteiger partial charge in [0.2, 0.25) is 0 Å². The maximum absolute atomic E-state index is 11.8. The van der Waals surface area contributed by atoms with Crippen LogP contribution >= 0.6 is 12.2 Å². The summed E-state index contributed by atoms with van der Waals surface area (Å²) in [7, 11) is 0. The number of amides is 2. The summed E-state index contributed by atoms with van der Waals surface area (Å²) >= 11 is 4.73. The van der Waals surface area contributed by atoms with Crippen LogP contribution in [0.1, 0.15) is 0 Å². The molecule has 1 fully saturated rings. The van der Waals surface area contributed by atoms with Gasteiger partial charge < -0.3 is 15.2 Å². The third-order valence-corrected chi connectivity index (χ3v) is 2.54. The second-order valence-electron chi connectivity index (χ2n) is 3.84. The lowest BCUT2D eigenvalue weighted by atomic mass is 10.2. The largest absolute Gasteiger partial charge is 0.484 e. The molecule has 0 bridgehead atoms. The predicted octanol–water partition coefficient (Wildman–Crippen LogP) is 0.241. The molecule has 7 heteroatoms. The van der Waals surface area contributed by atoms with Crippen molar-refractivity contribution in [2.75, 3.05) is 24.7 Å². The second kappa shape index (κ2) is 5.77. The minimum Gasteiger partial charge on any atom is -0.484 e. The molecule has 2 rings (SSSR count). The van der Waals surface area contributed by atoms with Crippen molar-refractivity contribution >= 4 is 34.7 Å². The van der Waals surface area contributed by atoms with E-state index in [-0.39, 0.29) is 24.8 Å². The fourth-order valence-electron chi connectivity index (χ4n) is 1.68. The Balaban J connectivity index is 2.30. The third-order valence-electron chi connectivity index (χ3n) is 2.43. The van der Waals surface area contributed by atoms with Crippen molar-refractivity contribution in [2.24, 2.45) is 5.73 Å². The van der Waals surface area contributed by atoms with Gasteiger partial charge in [-0.25, -0.2) is 4.90 Å². The molecular weight excluding hydrogens is 268 g/mol. The maximum atomic E-state index is 11.8. The summed E-state index contributed by atoms with van der Waals surface area (Å²) in [6.45, 7) is -0.218. The summed E-state index contributed by atoms with van der Waals surface area (Å²) in [5.41, 5.74) is 5.73. The highest BCUT2D eigenvalue weighted by molar-refractivity contribution is 7.80. The zero-order valence-electron chi connectivity index (χ0n) is 10.00. The number of carbonyl (C=O) groups is 2. The van der Waals surface area contributed by atoms with Crippen LogP contribution in [0.25, 0.3) is 0 Å². The van der Waals surface area contributed by atoms with Gasteiger partial charge in [0.05, 0.1) is 5.69 Å². The lowest BCUT2D eigenvalue weighted by Crippen LogP contribution is -2.46. The van der Waals surface area contributed by atoms with Crippen molar-refractivity contribution in [3.8, 4) is 5.75 Å². The van der Waals surface area contributed by atoms with Crippen LogP contribution in [-0.4, -0.2) is 36.6 Å². The lowest BCUT2D eigenvalue weighted by Gasteiger charge is -2.26. The lowest BCUT2D eigenvalue weighted by molar-refractivity contribution is -0.138. The molecule has 100 valence electrons. The number of rotatable bonds is 4. The molecule has 1 heterocycles. The second-order valence-corrected chi connectivity index (χ2v) is 4.36. The Morgan fingerprint density at radius 1 is 1.32 bits per heavy atom. The number of morpholine rings is 1. The molecule has 2 amide bonds. The molecule has 0 radical (unpaired) electrons. The Bertz CT molecular complexity index is 516. The molecule has 19 heavy (non-hydrogen) atoms. The molecule has 1 aromatic carbocycles. The fraction of sp³-hybridized carbons (Fsp3) is 0.250. The average molecular weight is 280 g/mol. The summed E-state index contributed by atoms with van der Waals surface area (Å²) in [5, 5.41) is 0. The van der Waals surface area contributed by atoms with Gasteiger partial charge in [0.15, 0.2) is 0 Å². The number of thiocarbonyl (C=S) groups is 1. The molecule has 1 aliphatic heterocycles. The van der Waals surface area contributed by atoms with E-state index in [9.17, 15) is 9.59 Å².